The topological polar surface area (TPSA) is 78.1 Å². The number of thioether (sulfide) groups is 1. The molecule has 2 unspecified atom stereocenters. The highest BCUT2D eigenvalue weighted by Gasteiger charge is 2.33. The van der Waals surface area contributed by atoms with E-state index in [1.165, 1.54) is 11.8 Å². The Kier molecular flexibility index (Phi) is 2.93. The van der Waals surface area contributed by atoms with Gasteiger partial charge in [0.15, 0.2) is 0 Å². The van der Waals surface area contributed by atoms with Gasteiger partial charge in [0, 0.05) is 11.7 Å². The normalized spacial score (nSPS) is 28.6. The lowest BCUT2D eigenvalue weighted by atomic mass is 9.94. The number of hydrogen-bond donors (Lipinski definition) is 3. The van der Waals surface area contributed by atoms with Crippen molar-refractivity contribution in [2.45, 2.75) is 25.1 Å². The molecule has 2 atom stereocenters. The van der Waals surface area contributed by atoms with E-state index in [1.807, 2.05) is 0 Å². The summed E-state index contributed by atoms with van der Waals surface area (Å²) in [6, 6.07) is -0.0671. The summed E-state index contributed by atoms with van der Waals surface area (Å²) >= 11 is 1.53. The van der Waals surface area contributed by atoms with Crippen LogP contribution in [-0.2, 0) is 0 Å². The maximum absolute atomic E-state index is 6.02. The van der Waals surface area contributed by atoms with Crippen molar-refractivity contribution in [1.82, 2.24) is 0 Å². The Morgan fingerprint density at radius 3 is 2.31 bits per heavy atom. The zero-order chi connectivity index (χ0) is 10.2. The first-order chi connectivity index (χ1) is 5.95. The van der Waals surface area contributed by atoms with Crippen LogP contribution >= 0.6 is 11.8 Å². The highest BCUT2D eigenvalue weighted by atomic mass is 32.2. The van der Waals surface area contributed by atoms with Crippen LogP contribution in [0.3, 0.4) is 0 Å². The molecule has 74 valence electrons. The Morgan fingerprint density at radius 2 is 2.08 bits per heavy atom. The monoisotopic (exact) mass is 199 g/mol. The lowest BCUT2D eigenvalue weighted by Crippen LogP contribution is -2.35. The molecule has 13 heavy (non-hydrogen) atoms. The average Bonchev–Trinajstić information content (AvgIpc) is 2.26. The summed E-state index contributed by atoms with van der Waals surface area (Å²) in [6.07, 6.45) is 0. The average molecular weight is 199 g/mol. The van der Waals surface area contributed by atoms with Crippen LogP contribution in [0, 0.1) is 5.92 Å². The maximum atomic E-state index is 6.02. The Morgan fingerprint density at radius 1 is 1.54 bits per heavy atom. The van der Waals surface area contributed by atoms with Crippen molar-refractivity contribution in [1.29, 1.82) is 0 Å². The van der Waals surface area contributed by atoms with Crippen molar-refractivity contribution in [3.63, 3.8) is 0 Å². The summed E-state index contributed by atoms with van der Waals surface area (Å²) in [5.41, 5.74) is 19.2. The van der Waals surface area contributed by atoms with E-state index in [-0.39, 0.29) is 11.3 Å². The molecule has 6 N–H and O–H groups in total. The molecule has 0 bridgehead atoms. The molecule has 0 amide bonds. The molecule has 0 saturated heterocycles. The van der Waals surface area contributed by atoms with E-state index in [1.54, 1.807) is 0 Å². The van der Waals surface area contributed by atoms with Crippen molar-refractivity contribution in [2.75, 3.05) is 0 Å². The van der Waals surface area contributed by atoms with Gasteiger partial charge in [0.25, 0.3) is 0 Å². The van der Waals surface area contributed by atoms with Crippen LogP contribution in [-0.4, -0.2) is 11.3 Å². The molecule has 0 aromatic carbocycles. The third-order valence-electron chi connectivity index (χ3n) is 2.21. The molecule has 1 heterocycles. The SMILES string of the molecule is C=C(N)C1SC(N)=C(C(C)C)C1N. The summed E-state index contributed by atoms with van der Waals surface area (Å²) < 4.78 is 0. The third kappa shape index (κ3) is 1.84. The maximum Gasteiger partial charge on any atom is 0.0688 e. The standard InChI is InChI=1S/C9H17N3S/c1-4(2)6-7(11)8(5(3)10)13-9(6)12/h4,7-8H,3,10-12H2,1-2H3. The summed E-state index contributed by atoms with van der Waals surface area (Å²) in [5, 5.41) is 0.872. The van der Waals surface area contributed by atoms with Gasteiger partial charge in [0.2, 0.25) is 0 Å². The van der Waals surface area contributed by atoms with Gasteiger partial charge < -0.3 is 17.2 Å². The van der Waals surface area contributed by atoms with E-state index >= 15 is 0 Å². The second-order valence-electron chi connectivity index (χ2n) is 3.61. The Labute approximate surface area is 83.4 Å². The van der Waals surface area contributed by atoms with E-state index in [0.29, 0.717) is 11.6 Å². The quantitative estimate of drug-likeness (QED) is 0.612. The van der Waals surface area contributed by atoms with Gasteiger partial charge in [-0.1, -0.05) is 32.2 Å². The summed E-state index contributed by atoms with van der Waals surface area (Å²) in [4.78, 5) is 0. The van der Waals surface area contributed by atoms with Gasteiger partial charge in [-0.25, -0.2) is 0 Å². The highest BCUT2D eigenvalue weighted by Crippen LogP contribution is 2.39. The van der Waals surface area contributed by atoms with Gasteiger partial charge in [0.1, 0.15) is 0 Å². The number of nitrogens with two attached hydrogens (primary N) is 3. The number of rotatable bonds is 2. The van der Waals surface area contributed by atoms with Crippen LogP contribution in [0.2, 0.25) is 0 Å². The van der Waals surface area contributed by atoms with Gasteiger partial charge in [-0.3, -0.25) is 0 Å². The smallest absolute Gasteiger partial charge is 0.0688 e. The van der Waals surface area contributed by atoms with Gasteiger partial charge in [0.05, 0.1) is 10.3 Å². The Balaban J connectivity index is 2.87. The molecule has 4 heteroatoms. The molecule has 1 rings (SSSR count). The van der Waals surface area contributed by atoms with Crippen molar-refractivity contribution >= 4 is 11.8 Å². The minimum atomic E-state index is -0.0671. The van der Waals surface area contributed by atoms with Gasteiger partial charge >= 0.3 is 0 Å². The molecule has 1 aliphatic rings. The minimum absolute atomic E-state index is 0.0531. The molecule has 0 aromatic heterocycles. The fourth-order valence-corrected chi connectivity index (χ4v) is 2.81. The fraction of sp³-hybridized carbons (Fsp3) is 0.556. The lowest BCUT2D eigenvalue weighted by Gasteiger charge is -2.18. The van der Waals surface area contributed by atoms with Gasteiger partial charge in [-0.05, 0) is 11.5 Å². The molecule has 0 aromatic rings. The van der Waals surface area contributed by atoms with Crippen LogP contribution in [0.4, 0.5) is 0 Å². The van der Waals surface area contributed by atoms with Crippen LogP contribution in [0.15, 0.2) is 22.9 Å². The molecule has 0 radical (unpaired) electrons. The van der Waals surface area contributed by atoms with Crippen LogP contribution in [0.25, 0.3) is 0 Å². The first-order valence-electron chi connectivity index (χ1n) is 4.31. The van der Waals surface area contributed by atoms with Crippen molar-refractivity contribution in [3.05, 3.63) is 22.9 Å². The van der Waals surface area contributed by atoms with Crippen molar-refractivity contribution in [3.8, 4) is 0 Å². The van der Waals surface area contributed by atoms with E-state index in [2.05, 4.69) is 20.4 Å². The Bertz CT molecular complexity index is 258. The molecule has 3 nitrogen and oxygen atoms in total. The Hall–Kier alpha value is -0.610. The van der Waals surface area contributed by atoms with Gasteiger partial charge in [-0.15, -0.1) is 0 Å². The summed E-state index contributed by atoms with van der Waals surface area (Å²) in [5.74, 6) is 0.381. The second-order valence-corrected chi connectivity index (χ2v) is 4.80. The van der Waals surface area contributed by atoms with E-state index in [4.69, 9.17) is 17.2 Å². The first-order valence-corrected chi connectivity index (χ1v) is 5.19. The molecular weight excluding hydrogens is 182 g/mol. The molecular formula is C9H17N3S. The lowest BCUT2D eigenvalue weighted by molar-refractivity contribution is 0.649. The summed E-state index contributed by atoms with van der Waals surface area (Å²) in [6.45, 7) is 7.89. The first kappa shape index (κ1) is 10.5. The van der Waals surface area contributed by atoms with Crippen molar-refractivity contribution in [2.24, 2.45) is 23.1 Å². The van der Waals surface area contributed by atoms with Crippen LogP contribution in [0.5, 0.6) is 0 Å². The summed E-state index contributed by atoms with van der Waals surface area (Å²) in [7, 11) is 0. The van der Waals surface area contributed by atoms with Crippen molar-refractivity contribution < 1.29 is 0 Å². The van der Waals surface area contributed by atoms with Gasteiger partial charge in [-0.2, -0.15) is 0 Å². The number of hydrogen-bond acceptors (Lipinski definition) is 4. The molecule has 1 aliphatic heterocycles. The second kappa shape index (κ2) is 3.64. The fourth-order valence-electron chi connectivity index (χ4n) is 1.58. The molecule has 0 spiro atoms. The van der Waals surface area contributed by atoms with E-state index < -0.39 is 0 Å². The predicted octanol–water partition coefficient (Wildman–Crippen LogP) is 0.728. The zero-order valence-electron chi connectivity index (χ0n) is 8.08. The van der Waals surface area contributed by atoms with E-state index in [9.17, 15) is 0 Å². The van der Waals surface area contributed by atoms with Crippen LogP contribution in [0.1, 0.15) is 13.8 Å². The molecule has 0 saturated carbocycles. The molecule has 0 aliphatic carbocycles. The third-order valence-corrected chi connectivity index (χ3v) is 3.55. The van der Waals surface area contributed by atoms with E-state index in [0.717, 1.165) is 10.6 Å². The largest absolute Gasteiger partial charge is 0.402 e. The molecule has 0 fully saturated rings. The zero-order valence-corrected chi connectivity index (χ0v) is 8.90. The minimum Gasteiger partial charge on any atom is -0.402 e. The van der Waals surface area contributed by atoms with Crippen LogP contribution < -0.4 is 17.2 Å². The highest BCUT2D eigenvalue weighted by molar-refractivity contribution is 8.04. The predicted molar refractivity (Wildman–Crippen MR) is 58.7 cm³/mol.